The number of rotatable bonds is 3. The molecule has 0 fully saturated rings. The quantitative estimate of drug-likeness (QED) is 0.396. The molecule has 0 heterocycles. The summed E-state index contributed by atoms with van der Waals surface area (Å²) < 4.78 is 4.30. The second-order valence-electron chi connectivity index (χ2n) is 1.76. The molecular formula is C6H6NO3P. The zero-order valence-corrected chi connectivity index (χ0v) is 6.56. The summed E-state index contributed by atoms with van der Waals surface area (Å²) in [6, 6.07) is 8.70. The lowest BCUT2D eigenvalue weighted by Gasteiger charge is -1.96. The normalized spacial score (nSPS) is 10.2. The van der Waals surface area contributed by atoms with Gasteiger partial charge in [0.1, 0.15) is 5.75 Å². The number of benzene rings is 1. The van der Waals surface area contributed by atoms with Gasteiger partial charge in [-0.25, -0.2) is 0 Å². The second-order valence-corrected chi connectivity index (χ2v) is 2.52. The Morgan fingerprint density at radius 2 is 2.00 bits per heavy atom. The molecule has 1 atom stereocenters. The Labute approximate surface area is 65.3 Å². The summed E-state index contributed by atoms with van der Waals surface area (Å²) in [4.78, 5) is 9.87. The maximum atomic E-state index is 9.87. The van der Waals surface area contributed by atoms with Crippen molar-refractivity contribution in [1.82, 2.24) is 0 Å². The molecular weight excluding hydrogens is 165 g/mol. The molecule has 0 radical (unpaired) electrons. The van der Waals surface area contributed by atoms with Crippen molar-refractivity contribution in [3.63, 3.8) is 0 Å². The number of hydrogen-bond donors (Lipinski definition) is 0. The molecule has 0 aliphatic rings. The predicted molar refractivity (Wildman–Crippen MR) is 42.4 cm³/mol. The Kier molecular flexibility index (Phi) is 2.81. The molecule has 5 heteroatoms. The van der Waals surface area contributed by atoms with Crippen LogP contribution in [0.4, 0.5) is 0 Å². The smallest absolute Gasteiger partial charge is 0.417 e. The fourth-order valence-corrected chi connectivity index (χ4v) is 0.895. The number of para-hydroxylation sites is 1. The van der Waals surface area contributed by atoms with E-state index in [1.54, 1.807) is 24.3 Å². The van der Waals surface area contributed by atoms with Crippen molar-refractivity contribution in [3.8, 4) is 5.75 Å². The third-order valence-electron chi connectivity index (χ3n) is 0.981. The Morgan fingerprint density at radius 1 is 1.36 bits per heavy atom. The molecule has 0 N–H and O–H groups in total. The zero-order valence-electron chi connectivity index (χ0n) is 5.56. The Hall–Kier alpha value is -1.15. The van der Waals surface area contributed by atoms with E-state index in [9.17, 15) is 10.1 Å². The zero-order chi connectivity index (χ0) is 8.10. The number of nitrogens with zero attached hydrogens (tertiary/aromatic N) is 1. The van der Waals surface area contributed by atoms with Crippen molar-refractivity contribution in [2.75, 3.05) is 0 Å². The first-order valence-electron chi connectivity index (χ1n) is 2.91. The highest BCUT2D eigenvalue weighted by Crippen LogP contribution is 2.19. The van der Waals surface area contributed by atoms with Gasteiger partial charge in [-0.15, -0.1) is 0 Å². The fraction of sp³-hybridized carbons (Fsp3) is 0. The molecule has 1 aromatic carbocycles. The van der Waals surface area contributed by atoms with E-state index in [0.717, 1.165) is 0 Å². The molecule has 11 heavy (non-hydrogen) atoms. The molecule has 0 saturated carbocycles. The van der Waals surface area contributed by atoms with E-state index in [0.29, 0.717) is 5.75 Å². The lowest BCUT2D eigenvalue weighted by Crippen LogP contribution is -1.85. The maximum absolute atomic E-state index is 9.87. The van der Waals surface area contributed by atoms with Crippen LogP contribution in [0.5, 0.6) is 5.75 Å². The topological polar surface area (TPSA) is 52.4 Å². The summed E-state index contributed by atoms with van der Waals surface area (Å²) in [7, 11) is -0.712. The van der Waals surface area contributed by atoms with Gasteiger partial charge in [0, 0.05) is 0 Å². The van der Waals surface area contributed by atoms with Gasteiger partial charge in [0.15, 0.2) is 0 Å². The molecule has 1 aromatic rings. The van der Waals surface area contributed by atoms with Crippen LogP contribution in [0.3, 0.4) is 0 Å². The van der Waals surface area contributed by atoms with Crippen LogP contribution in [-0.2, 0) is 0 Å². The van der Waals surface area contributed by atoms with Crippen LogP contribution < -0.4 is 4.52 Å². The van der Waals surface area contributed by atoms with Crippen LogP contribution in [0.2, 0.25) is 0 Å². The molecule has 0 aromatic heterocycles. The van der Waals surface area contributed by atoms with Crippen LogP contribution >= 0.6 is 8.96 Å². The largest absolute Gasteiger partial charge is 0.440 e. The van der Waals surface area contributed by atoms with Gasteiger partial charge in [-0.3, -0.25) is 10.1 Å². The van der Waals surface area contributed by atoms with Crippen LogP contribution in [0.15, 0.2) is 30.3 Å². The average molecular weight is 171 g/mol. The van der Waals surface area contributed by atoms with E-state index in [1.165, 1.54) is 0 Å². The number of hydrogen-bond acceptors (Lipinski definition) is 3. The van der Waals surface area contributed by atoms with Gasteiger partial charge in [0.2, 0.25) is 0 Å². The third-order valence-corrected chi connectivity index (χ3v) is 1.46. The van der Waals surface area contributed by atoms with E-state index >= 15 is 0 Å². The summed E-state index contributed by atoms with van der Waals surface area (Å²) in [5.74, 6) is 0.530. The lowest BCUT2D eigenvalue weighted by molar-refractivity contribution is -0.304. The maximum Gasteiger partial charge on any atom is 0.440 e. The van der Waals surface area contributed by atoms with E-state index in [2.05, 4.69) is 0 Å². The molecule has 0 aliphatic heterocycles. The minimum absolute atomic E-state index is 0.493. The molecule has 1 rings (SSSR count). The molecule has 0 aliphatic carbocycles. The summed E-state index contributed by atoms with van der Waals surface area (Å²) >= 11 is 0. The first-order chi connectivity index (χ1) is 5.29. The standard InChI is InChI=1S/C6H6NO3P/c8-7(9)11-10-6-4-2-1-3-5-6/h1-5,11H. The van der Waals surface area contributed by atoms with Gasteiger partial charge in [-0.2, -0.15) is 0 Å². The minimum Gasteiger partial charge on any atom is -0.417 e. The minimum atomic E-state index is -0.712. The van der Waals surface area contributed by atoms with Crippen LogP contribution in [-0.4, -0.2) is 4.69 Å². The summed E-state index contributed by atoms with van der Waals surface area (Å²) in [5, 5.41) is 9.87. The van der Waals surface area contributed by atoms with Crippen LogP contribution in [0.1, 0.15) is 0 Å². The highest BCUT2D eigenvalue weighted by atomic mass is 31.1. The second kappa shape index (κ2) is 3.88. The van der Waals surface area contributed by atoms with Crippen molar-refractivity contribution in [2.24, 2.45) is 0 Å². The Bertz CT molecular complexity index is 239. The predicted octanol–water partition coefficient (Wildman–Crippen LogP) is 1.85. The van der Waals surface area contributed by atoms with Crippen molar-refractivity contribution < 1.29 is 9.22 Å². The van der Waals surface area contributed by atoms with Crippen molar-refractivity contribution in [2.45, 2.75) is 0 Å². The molecule has 4 nitrogen and oxygen atoms in total. The molecule has 0 saturated heterocycles. The average Bonchev–Trinajstić information content (AvgIpc) is 2.03. The van der Waals surface area contributed by atoms with Crippen LogP contribution in [0.25, 0.3) is 0 Å². The van der Waals surface area contributed by atoms with Crippen molar-refractivity contribution in [1.29, 1.82) is 0 Å². The van der Waals surface area contributed by atoms with Crippen LogP contribution in [0, 0.1) is 10.1 Å². The monoisotopic (exact) mass is 171 g/mol. The summed E-state index contributed by atoms with van der Waals surface area (Å²) in [5.41, 5.74) is 0. The molecule has 1 unspecified atom stereocenters. The molecule has 0 spiro atoms. The lowest BCUT2D eigenvalue weighted by atomic mass is 10.3. The van der Waals surface area contributed by atoms with E-state index in [-0.39, 0.29) is 0 Å². The SMILES string of the molecule is O=[N+]([O-])POc1ccccc1. The van der Waals surface area contributed by atoms with E-state index in [1.807, 2.05) is 6.07 Å². The number of nitro groups is 1. The van der Waals surface area contributed by atoms with Crippen molar-refractivity contribution in [3.05, 3.63) is 40.4 Å². The van der Waals surface area contributed by atoms with E-state index < -0.39 is 13.7 Å². The Balaban J connectivity index is 2.45. The molecule has 0 amide bonds. The molecule has 58 valence electrons. The molecule has 0 bridgehead atoms. The van der Waals surface area contributed by atoms with Gasteiger partial charge in [0.05, 0.1) is 4.69 Å². The Morgan fingerprint density at radius 3 is 2.55 bits per heavy atom. The summed E-state index contributed by atoms with van der Waals surface area (Å²) in [6.07, 6.45) is 0. The van der Waals surface area contributed by atoms with E-state index in [4.69, 9.17) is 4.52 Å². The summed E-state index contributed by atoms with van der Waals surface area (Å²) in [6.45, 7) is 0. The van der Waals surface area contributed by atoms with Gasteiger partial charge in [-0.1, -0.05) is 18.2 Å². The highest BCUT2D eigenvalue weighted by Gasteiger charge is 1.99. The van der Waals surface area contributed by atoms with Gasteiger partial charge in [0.25, 0.3) is 0 Å². The first-order valence-corrected chi connectivity index (χ1v) is 3.76. The van der Waals surface area contributed by atoms with Gasteiger partial charge < -0.3 is 4.52 Å². The van der Waals surface area contributed by atoms with Gasteiger partial charge in [-0.05, 0) is 12.1 Å². The highest BCUT2D eigenvalue weighted by molar-refractivity contribution is 7.25. The fourth-order valence-electron chi connectivity index (χ4n) is 0.579. The van der Waals surface area contributed by atoms with Crippen molar-refractivity contribution >= 4 is 8.96 Å². The van der Waals surface area contributed by atoms with Gasteiger partial charge >= 0.3 is 8.96 Å². The first kappa shape index (κ1) is 7.95. The third kappa shape index (κ3) is 2.96.